The minimum atomic E-state index is -0.519. The Hall–Kier alpha value is -1.16. The summed E-state index contributed by atoms with van der Waals surface area (Å²) in [6, 6.07) is 0. The van der Waals surface area contributed by atoms with Gasteiger partial charge in [0, 0.05) is 11.6 Å². The van der Waals surface area contributed by atoms with Crippen LogP contribution in [-0.2, 0) is 4.79 Å². The summed E-state index contributed by atoms with van der Waals surface area (Å²) in [4.78, 5) is 14.3. The normalized spacial score (nSPS) is 9.20. The van der Waals surface area contributed by atoms with Gasteiger partial charge in [0.2, 0.25) is 0 Å². The second kappa shape index (κ2) is 2.62. The quantitative estimate of drug-likeness (QED) is 0.635. The Morgan fingerprint density at radius 1 is 1.80 bits per heavy atom. The summed E-state index contributed by atoms with van der Waals surface area (Å²) in [6.07, 6.45) is 1.61. The molecule has 52 valence electrons. The van der Waals surface area contributed by atoms with Crippen molar-refractivity contribution in [1.29, 1.82) is 0 Å². The van der Waals surface area contributed by atoms with Crippen LogP contribution in [-0.4, -0.2) is 10.9 Å². The van der Waals surface area contributed by atoms with E-state index in [0.717, 1.165) is 0 Å². The molecule has 0 unspecified atom stereocenters. The zero-order valence-corrected chi connectivity index (χ0v) is 6.02. The van der Waals surface area contributed by atoms with Crippen molar-refractivity contribution in [3.63, 3.8) is 0 Å². The van der Waals surface area contributed by atoms with Crippen LogP contribution in [0.4, 0.5) is 0 Å². The van der Waals surface area contributed by atoms with Crippen LogP contribution in [0, 0.1) is 0 Å². The van der Waals surface area contributed by atoms with E-state index in [2.05, 4.69) is 11.6 Å². The summed E-state index contributed by atoms with van der Waals surface area (Å²) in [5.74, 6) is -0.519. The van der Waals surface area contributed by atoms with Crippen LogP contribution in [0.3, 0.4) is 0 Å². The number of hydrogen-bond acceptors (Lipinski definition) is 3. The van der Waals surface area contributed by atoms with Gasteiger partial charge in [-0.25, -0.2) is 4.98 Å². The molecule has 1 aromatic heterocycles. The lowest BCUT2D eigenvalue weighted by Crippen LogP contribution is -2.11. The maximum absolute atomic E-state index is 10.5. The molecule has 0 saturated carbocycles. The molecule has 4 heteroatoms. The van der Waals surface area contributed by atoms with Gasteiger partial charge in [-0.15, -0.1) is 11.3 Å². The third kappa shape index (κ3) is 1.22. The van der Waals surface area contributed by atoms with Gasteiger partial charge < -0.3 is 5.73 Å². The molecule has 0 aliphatic carbocycles. The largest absolute Gasteiger partial charge is 0.366 e. The van der Waals surface area contributed by atoms with Crippen LogP contribution in [0.15, 0.2) is 18.2 Å². The molecule has 1 rings (SSSR count). The van der Waals surface area contributed by atoms with E-state index in [1.807, 2.05) is 0 Å². The lowest BCUT2D eigenvalue weighted by Gasteiger charge is -1.91. The van der Waals surface area contributed by atoms with Crippen LogP contribution >= 0.6 is 11.3 Å². The molecule has 3 nitrogen and oxygen atoms in total. The Bertz CT molecular complexity index is 253. The van der Waals surface area contributed by atoms with E-state index < -0.39 is 5.91 Å². The zero-order valence-electron chi connectivity index (χ0n) is 5.20. The molecule has 0 aliphatic heterocycles. The van der Waals surface area contributed by atoms with E-state index >= 15 is 0 Å². The van der Waals surface area contributed by atoms with Crippen LogP contribution in [0.5, 0.6) is 0 Å². The number of thiazole rings is 1. The van der Waals surface area contributed by atoms with Crippen molar-refractivity contribution < 1.29 is 4.79 Å². The van der Waals surface area contributed by atoms with E-state index in [0.29, 0.717) is 5.01 Å². The highest BCUT2D eigenvalue weighted by Gasteiger charge is 2.05. The Kier molecular flexibility index (Phi) is 1.82. The lowest BCUT2D eigenvalue weighted by molar-refractivity contribution is -0.112. The summed E-state index contributed by atoms with van der Waals surface area (Å²) >= 11 is 1.35. The van der Waals surface area contributed by atoms with Gasteiger partial charge >= 0.3 is 0 Å². The summed E-state index contributed by atoms with van der Waals surface area (Å²) < 4.78 is 0. The van der Waals surface area contributed by atoms with Gasteiger partial charge in [-0.05, 0) is 0 Å². The molecule has 0 atom stereocenters. The predicted molar refractivity (Wildman–Crippen MR) is 40.3 cm³/mol. The summed E-state index contributed by atoms with van der Waals surface area (Å²) in [5.41, 5.74) is 5.23. The van der Waals surface area contributed by atoms with Crippen LogP contribution in [0.25, 0.3) is 5.57 Å². The number of nitrogens with two attached hydrogens (primary N) is 1. The van der Waals surface area contributed by atoms with Crippen molar-refractivity contribution in [3.8, 4) is 0 Å². The van der Waals surface area contributed by atoms with Crippen molar-refractivity contribution in [3.05, 3.63) is 23.2 Å². The Labute approximate surface area is 62.2 Å². The molecule has 0 radical (unpaired) electrons. The standard InChI is InChI=1S/C6H6N2OS/c1-4(5(7)9)6-8-2-3-10-6/h2-3H,1H2,(H2,7,9). The van der Waals surface area contributed by atoms with Crippen molar-refractivity contribution in [2.45, 2.75) is 0 Å². The Balaban J connectivity index is 2.88. The van der Waals surface area contributed by atoms with Crippen LogP contribution < -0.4 is 5.73 Å². The second-order valence-corrected chi connectivity index (χ2v) is 2.57. The van der Waals surface area contributed by atoms with Gasteiger partial charge in [-0.2, -0.15) is 0 Å². The van der Waals surface area contributed by atoms with E-state index in [9.17, 15) is 4.79 Å². The smallest absolute Gasteiger partial charge is 0.251 e. The molecular formula is C6H6N2OS. The predicted octanol–water partition coefficient (Wildman–Crippen LogP) is 0.642. The minimum Gasteiger partial charge on any atom is -0.366 e. The van der Waals surface area contributed by atoms with Crippen molar-refractivity contribution in [2.24, 2.45) is 5.73 Å². The molecular weight excluding hydrogens is 148 g/mol. The molecule has 1 heterocycles. The van der Waals surface area contributed by atoms with Gasteiger partial charge in [0.1, 0.15) is 5.01 Å². The van der Waals surface area contributed by atoms with Crippen molar-refractivity contribution >= 4 is 22.8 Å². The first kappa shape index (κ1) is 6.95. The number of rotatable bonds is 2. The van der Waals surface area contributed by atoms with Gasteiger partial charge in [-0.3, -0.25) is 4.79 Å². The van der Waals surface area contributed by atoms with Gasteiger partial charge in [-0.1, -0.05) is 6.58 Å². The van der Waals surface area contributed by atoms with Gasteiger partial charge in [0.05, 0.1) is 5.57 Å². The first-order valence-electron chi connectivity index (χ1n) is 2.60. The average Bonchev–Trinajstić information content (AvgIpc) is 2.36. The molecule has 2 N–H and O–H groups in total. The highest BCUT2D eigenvalue weighted by molar-refractivity contribution is 7.11. The third-order valence-electron chi connectivity index (χ3n) is 0.988. The molecule has 0 fully saturated rings. The Morgan fingerprint density at radius 2 is 2.50 bits per heavy atom. The van der Waals surface area contributed by atoms with E-state index in [-0.39, 0.29) is 5.57 Å². The number of carbonyl (C=O) groups is 1. The molecule has 10 heavy (non-hydrogen) atoms. The zero-order chi connectivity index (χ0) is 7.56. The summed E-state index contributed by atoms with van der Waals surface area (Å²) in [5, 5.41) is 2.36. The maximum Gasteiger partial charge on any atom is 0.251 e. The van der Waals surface area contributed by atoms with Crippen molar-refractivity contribution in [1.82, 2.24) is 4.98 Å². The van der Waals surface area contributed by atoms with Crippen molar-refractivity contribution in [2.75, 3.05) is 0 Å². The molecule has 0 bridgehead atoms. The maximum atomic E-state index is 10.5. The first-order chi connectivity index (χ1) is 4.72. The lowest BCUT2D eigenvalue weighted by atomic mass is 10.3. The van der Waals surface area contributed by atoms with Gasteiger partial charge in [0.25, 0.3) is 5.91 Å². The molecule has 0 saturated heterocycles. The SMILES string of the molecule is C=C(C(N)=O)c1nccs1. The third-order valence-corrected chi connectivity index (χ3v) is 1.82. The number of carbonyl (C=O) groups excluding carboxylic acids is 1. The molecule has 0 spiro atoms. The monoisotopic (exact) mass is 154 g/mol. The van der Waals surface area contributed by atoms with E-state index in [1.54, 1.807) is 11.6 Å². The first-order valence-corrected chi connectivity index (χ1v) is 3.48. The fourth-order valence-electron chi connectivity index (χ4n) is 0.478. The highest BCUT2D eigenvalue weighted by Crippen LogP contribution is 2.13. The fraction of sp³-hybridized carbons (Fsp3) is 0. The molecule has 0 aliphatic rings. The molecule has 1 amide bonds. The van der Waals surface area contributed by atoms with E-state index in [1.165, 1.54) is 11.3 Å². The number of nitrogens with zero attached hydrogens (tertiary/aromatic N) is 1. The van der Waals surface area contributed by atoms with E-state index in [4.69, 9.17) is 5.73 Å². The number of amides is 1. The second-order valence-electron chi connectivity index (χ2n) is 1.68. The van der Waals surface area contributed by atoms with Crippen LogP contribution in [0.2, 0.25) is 0 Å². The van der Waals surface area contributed by atoms with Gasteiger partial charge in [0.15, 0.2) is 0 Å². The summed E-state index contributed by atoms with van der Waals surface area (Å²) in [6.45, 7) is 3.47. The number of primary amides is 1. The Morgan fingerprint density at radius 3 is 2.90 bits per heavy atom. The molecule has 0 aromatic carbocycles. The number of hydrogen-bond donors (Lipinski definition) is 1. The average molecular weight is 154 g/mol. The number of aromatic nitrogens is 1. The molecule has 1 aromatic rings. The summed E-state index contributed by atoms with van der Waals surface area (Å²) in [7, 11) is 0. The highest BCUT2D eigenvalue weighted by atomic mass is 32.1. The topological polar surface area (TPSA) is 56.0 Å². The fourth-order valence-corrected chi connectivity index (χ4v) is 1.09. The van der Waals surface area contributed by atoms with Crippen LogP contribution in [0.1, 0.15) is 5.01 Å². The minimum absolute atomic E-state index is 0.273.